The van der Waals surface area contributed by atoms with E-state index in [4.69, 9.17) is 9.47 Å². The van der Waals surface area contributed by atoms with Gasteiger partial charge >= 0.3 is 5.97 Å². The lowest BCUT2D eigenvalue weighted by molar-refractivity contribution is -0.143. The highest BCUT2D eigenvalue weighted by Crippen LogP contribution is 2.25. The van der Waals surface area contributed by atoms with Gasteiger partial charge in [0, 0.05) is 6.07 Å². The molecule has 36 heavy (non-hydrogen) atoms. The molecule has 1 unspecified atom stereocenters. The van der Waals surface area contributed by atoms with Gasteiger partial charge in [0.25, 0.3) is 11.5 Å². The van der Waals surface area contributed by atoms with E-state index < -0.39 is 29.3 Å². The molecule has 1 aromatic heterocycles. The summed E-state index contributed by atoms with van der Waals surface area (Å²) in [6.07, 6.45) is -0.128. The number of hydrogen-bond acceptors (Lipinski definition) is 5. The highest BCUT2D eigenvalue weighted by atomic mass is 19.1. The zero-order chi connectivity index (χ0) is 25.5. The summed E-state index contributed by atoms with van der Waals surface area (Å²) >= 11 is 0. The molecule has 1 heterocycles. The third-order valence-corrected chi connectivity index (χ3v) is 5.30. The number of hydrogen-bond donors (Lipinski definition) is 2. The summed E-state index contributed by atoms with van der Waals surface area (Å²) < 4.78 is 25.9. The molecule has 0 radical (unpaired) electrons. The summed E-state index contributed by atoms with van der Waals surface area (Å²) in [5.74, 6) is -0.500. The van der Waals surface area contributed by atoms with Crippen LogP contribution in [0.15, 0.2) is 89.7 Å². The molecule has 9 heteroatoms. The second-order valence-corrected chi connectivity index (χ2v) is 7.81. The molecule has 0 bridgehead atoms. The van der Waals surface area contributed by atoms with Crippen molar-refractivity contribution in [2.24, 2.45) is 0 Å². The number of rotatable bonds is 9. The van der Waals surface area contributed by atoms with Crippen LogP contribution in [-0.2, 0) is 9.53 Å². The monoisotopic (exact) mass is 489 g/mol. The Hall–Kier alpha value is -4.66. The Labute approximate surface area is 206 Å². The van der Waals surface area contributed by atoms with Gasteiger partial charge in [-0.25, -0.2) is 9.07 Å². The molecule has 0 aliphatic rings. The van der Waals surface area contributed by atoms with Crippen molar-refractivity contribution in [2.45, 2.75) is 19.4 Å². The minimum absolute atomic E-state index is 0.0152. The minimum Gasteiger partial charge on any atom is -0.466 e. The van der Waals surface area contributed by atoms with Crippen LogP contribution in [-0.4, -0.2) is 28.3 Å². The molecule has 0 aliphatic heterocycles. The first-order valence-corrected chi connectivity index (χ1v) is 11.3. The van der Waals surface area contributed by atoms with Crippen molar-refractivity contribution in [1.29, 1.82) is 0 Å². The predicted molar refractivity (Wildman–Crippen MR) is 131 cm³/mol. The molecule has 184 valence electrons. The minimum atomic E-state index is -0.748. The lowest BCUT2D eigenvalue weighted by Crippen LogP contribution is -2.31. The molecule has 4 aromatic rings. The zero-order valence-corrected chi connectivity index (χ0v) is 19.4. The first kappa shape index (κ1) is 24.5. The number of nitrogens with zero attached hydrogens (tertiary/aromatic N) is 1. The SMILES string of the molecule is CCOC(=O)CC(NC(=O)c1cc(=O)n(-c2ccccc2F)[nH]1)c1ccc(Oc2ccccc2)cc1. The third-order valence-electron chi connectivity index (χ3n) is 5.30. The number of benzene rings is 3. The van der Waals surface area contributed by atoms with E-state index in [1.807, 2.05) is 30.3 Å². The van der Waals surface area contributed by atoms with Gasteiger partial charge in [-0.15, -0.1) is 0 Å². The van der Waals surface area contributed by atoms with Crippen LogP contribution in [0.4, 0.5) is 4.39 Å². The fourth-order valence-corrected chi connectivity index (χ4v) is 3.59. The maximum absolute atomic E-state index is 14.1. The van der Waals surface area contributed by atoms with Crippen LogP contribution in [0.1, 0.15) is 35.4 Å². The van der Waals surface area contributed by atoms with E-state index in [1.54, 1.807) is 37.3 Å². The van der Waals surface area contributed by atoms with Crippen molar-refractivity contribution in [3.63, 3.8) is 0 Å². The van der Waals surface area contributed by atoms with Gasteiger partial charge in [0.15, 0.2) is 0 Å². The van der Waals surface area contributed by atoms with E-state index in [-0.39, 0.29) is 24.4 Å². The van der Waals surface area contributed by atoms with Crippen molar-refractivity contribution in [2.75, 3.05) is 6.61 Å². The number of H-pyrrole nitrogens is 1. The molecular weight excluding hydrogens is 465 g/mol. The zero-order valence-electron chi connectivity index (χ0n) is 19.4. The Morgan fingerprint density at radius 2 is 1.64 bits per heavy atom. The molecule has 0 saturated heterocycles. The number of carbonyl (C=O) groups is 2. The van der Waals surface area contributed by atoms with Crippen LogP contribution in [0.3, 0.4) is 0 Å². The maximum Gasteiger partial charge on any atom is 0.308 e. The Balaban J connectivity index is 1.55. The molecule has 0 saturated carbocycles. The van der Waals surface area contributed by atoms with E-state index in [9.17, 15) is 18.8 Å². The summed E-state index contributed by atoms with van der Waals surface area (Å²) in [5.41, 5.74) is -0.0675. The highest BCUT2D eigenvalue weighted by Gasteiger charge is 2.22. The quantitative estimate of drug-likeness (QED) is 0.337. The smallest absolute Gasteiger partial charge is 0.308 e. The summed E-state index contributed by atoms with van der Waals surface area (Å²) in [6.45, 7) is 1.89. The first-order chi connectivity index (χ1) is 17.4. The van der Waals surface area contributed by atoms with E-state index in [2.05, 4.69) is 10.4 Å². The molecule has 0 aliphatic carbocycles. The molecule has 1 atom stereocenters. The van der Waals surface area contributed by atoms with E-state index in [0.29, 0.717) is 17.1 Å². The van der Waals surface area contributed by atoms with Crippen molar-refractivity contribution < 1.29 is 23.5 Å². The van der Waals surface area contributed by atoms with Crippen molar-refractivity contribution in [1.82, 2.24) is 15.1 Å². The van der Waals surface area contributed by atoms with Crippen LogP contribution >= 0.6 is 0 Å². The van der Waals surface area contributed by atoms with Gasteiger partial charge in [0.2, 0.25) is 0 Å². The van der Waals surface area contributed by atoms with Gasteiger partial charge in [0.1, 0.15) is 28.7 Å². The number of para-hydroxylation sites is 2. The van der Waals surface area contributed by atoms with E-state index in [1.165, 1.54) is 18.2 Å². The molecule has 8 nitrogen and oxygen atoms in total. The number of esters is 1. The summed E-state index contributed by atoms with van der Waals surface area (Å²) in [6, 6.07) is 22.2. The number of amides is 1. The topological polar surface area (TPSA) is 102 Å². The van der Waals surface area contributed by atoms with Crippen molar-refractivity contribution in [3.05, 3.63) is 112 Å². The Bertz CT molecular complexity index is 1400. The fourth-order valence-electron chi connectivity index (χ4n) is 3.59. The summed E-state index contributed by atoms with van der Waals surface area (Å²) in [7, 11) is 0. The normalized spacial score (nSPS) is 11.5. The molecule has 0 fully saturated rings. The van der Waals surface area contributed by atoms with Gasteiger partial charge in [-0.1, -0.05) is 42.5 Å². The van der Waals surface area contributed by atoms with E-state index >= 15 is 0 Å². The molecule has 0 spiro atoms. The first-order valence-electron chi connectivity index (χ1n) is 11.3. The average Bonchev–Trinajstić information content (AvgIpc) is 3.26. The highest BCUT2D eigenvalue weighted by molar-refractivity contribution is 5.92. The molecular formula is C27H24FN3O5. The second-order valence-electron chi connectivity index (χ2n) is 7.81. The Kier molecular flexibility index (Phi) is 7.60. The van der Waals surface area contributed by atoms with Crippen LogP contribution in [0.25, 0.3) is 5.69 Å². The summed E-state index contributed by atoms with van der Waals surface area (Å²) in [5, 5.41) is 5.38. The summed E-state index contributed by atoms with van der Waals surface area (Å²) in [4.78, 5) is 37.6. The molecule has 3 aromatic carbocycles. The second kappa shape index (κ2) is 11.2. The largest absolute Gasteiger partial charge is 0.466 e. The van der Waals surface area contributed by atoms with Crippen LogP contribution in [0.5, 0.6) is 11.5 Å². The standard InChI is InChI=1S/C27H24FN3O5/c1-2-35-26(33)17-22(18-12-14-20(15-13-18)36-19-8-4-3-5-9-19)29-27(34)23-16-25(32)31(30-23)24-11-7-6-10-21(24)28/h3-16,22,30H,2,17H2,1H3,(H,29,34). The number of aromatic amines is 1. The van der Waals surface area contributed by atoms with Gasteiger partial charge in [-0.3, -0.25) is 19.5 Å². The molecule has 4 rings (SSSR count). The van der Waals surface area contributed by atoms with Crippen molar-refractivity contribution >= 4 is 11.9 Å². The Morgan fingerprint density at radius 3 is 2.33 bits per heavy atom. The maximum atomic E-state index is 14.1. The number of carbonyl (C=O) groups excluding carboxylic acids is 2. The average molecular weight is 490 g/mol. The van der Waals surface area contributed by atoms with Crippen LogP contribution in [0, 0.1) is 5.82 Å². The van der Waals surface area contributed by atoms with Gasteiger partial charge < -0.3 is 14.8 Å². The number of aromatic nitrogens is 2. The number of ether oxygens (including phenoxy) is 2. The van der Waals surface area contributed by atoms with E-state index in [0.717, 1.165) is 10.7 Å². The van der Waals surface area contributed by atoms with Gasteiger partial charge in [-0.05, 0) is 48.9 Å². The molecule has 2 N–H and O–H groups in total. The predicted octanol–water partition coefficient (Wildman–Crippen LogP) is 4.52. The third kappa shape index (κ3) is 5.87. The fraction of sp³-hybridized carbons (Fsp3) is 0.148. The van der Waals surface area contributed by atoms with Crippen LogP contribution < -0.4 is 15.6 Å². The van der Waals surface area contributed by atoms with Crippen LogP contribution in [0.2, 0.25) is 0 Å². The van der Waals surface area contributed by atoms with Gasteiger partial charge in [0.05, 0.1) is 19.1 Å². The Morgan fingerprint density at radius 1 is 0.972 bits per heavy atom. The lowest BCUT2D eigenvalue weighted by atomic mass is 10.0. The lowest BCUT2D eigenvalue weighted by Gasteiger charge is -2.18. The molecule has 1 amide bonds. The number of halogens is 1. The van der Waals surface area contributed by atoms with Gasteiger partial charge in [-0.2, -0.15) is 0 Å². The van der Waals surface area contributed by atoms with Crippen molar-refractivity contribution in [3.8, 4) is 17.2 Å². The number of nitrogens with one attached hydrogen (secondary N) is 2.